The molecule has 1 heterocycles. The van der Waals surface area contributed by atoms with Crippen LogP contribution in [0.3, 0.4) is 0 Å². The molecule has 0 fully saturated rings. The minimum Gasteiger partial charge on any atom is -0.370 e. The van der Waals surface area contributed by atoms with Crippen molar-refractivity contribution in [3.8, 4) is 0 Å². The third-order valence-electron chi connectivity index (χ3n) is 3.17. The highest BCUT2D eigenvalue weighted by atomic mass is 32.2. The fraction of sp³-hybridized carbons (Fsp3) is 0.294. The Morgan fingerprint density at radius 1 is 1.04 bits per heavy atom. The van der Waals surface area contributed by atoms with Crippen molar-refractivity contribution in [3.05, 3.63) is 53.2 Å². The van der Waals surface area contributed by atoms with Crippen molar-refractivity contribution in [1.29, 1.82) is 0 Å². The number of rotatable bonds is 9. The molecule has 0 bridgehead atoms. The summed E-state index contributed by atoms with van der Waals surface area (Å²) < 4.78 is 26.4. The summed E-state index contributed by atoms with van der Waals surface area (Å²) in [7, 11) is -3.47. The van der Waals surface area contributed by atoms with E-state index in [4.69, 9.17) is 0 Å². The van der Waals surface area contributed by atoms with Gasteiger partial charge in [0.15, 0.2) is 0 Å². The van der Waals surface area contributed by atoms with Crippen molar-refractivity contribution in [2.45, 2.75) is 13.8 Å². The molecule has 0 unspecified atom stereocenters. The van der Waals surface area contributed by atoms with Gasteiger partial charge in [-0.2, -0.15) is 0 Å². The van der Waals surface area contributed by atoms with Gasteiger partial charge in [0.2, 0.25) is 10.0 Å². The first-order valence-electron chi connectivity index (χ1n) is 8.05. The molecule has 7 nitrogen and oxygen atoms in total. The van der Waals surface area contributed by atoms with E-state index in [-0.39, 0.29) is 6.54 Å². The molecule has 0 atom stereocenters. The first-order valence-corrected chi connectivity index (χ1v) is 9.59. The second kappa shape index (κ2) is 9.14. The van der Waals surface area contributed by atoms with Crippen LogP contribution in [0.5, 0.6) is 0 Å². The number of nitrogens with one attached hydrogen (secondary N) is 3. The Hall–Kier alpha value is -2.45. The van der Waals surface area contributed by atoms with Gasteiger partial charge >= 0.3 is 0 Å². The van der Waals surface area contributed by atoms with E-state index in [1.807, 2.05) is 44.2 Å². The molecule has 0 saturated heterocycles. The third-order valence-corrected chi connectivity index (χ3v) is 4.27. The van der Waals surface area contributed by atoms with Gasteiger partial charge < -0.3 is 10.6 Å². The molecule has 0 aliphatic carbocycles. The largest absolute Gasteiger partial charge is 0.370 e. The molecular weight excluding hydrogens is 338 g/mol. The number of anilines is 2. The lowest BCUT2D eigenvalue weighted by molar-refractivity contribution is 0.592. The molecule has 2 rings (SSSR count). The predicted molar refractivity (Wildman–Crippen MR) is 102 cm³/mol. The fourth-order valence-corrected chi connectivity index (χ4v) is 2.91. The first kappa shape index (κ1) is 18.9. The third kappa shape index (κ3) is 6.90. The fourth-order valence-electron chi connectivity index (χ4n) is 2.09. The van der Waals surface area contributed by atoms with Crippen LogP contribution in [-0.4, -0.2) is 38.0 Å². The van der Waals surface area contributed by atoms with Crippen LogP contribution in [0.15, 0.2) is 41.8 Å². The second-order valence-corrected chi connectivity index (χ2v) is 6.95. The summed E-state index contributed by atoms with van der Waals surface area (Å²) in [6.07, 6.45) is 1.56. The van der Waals surface area contributed by atoms with Crippen LogP contribution in [0.4, 0.5) is 11.6 Å². The van der Waals surface area contributed by atoms with Gasteiger partial charge in [-0.15, -0.1) is 0 Å². The molecular formula is C17H23N5O2S. The Morgan fingerprint density at radius 3 is 2.40 bits per heavy atom. The van der Waals surface area contributed by atoms with Crippen molar-refractivity contribution in [2.75, 3.05) is 30.3 Å². The number of hydrogen-bond donors (Lipinski definition) is 3. The average molecular weight is 361 g/mol. The van der Waals surface area contributed by atoms with E-state index in [1.165, 1.54) is 5.41 Å². The number of aromatic nitrogens is 2. The zero-order chi connectivity index (χ0) is 18.1. The lowest BCUT2D eigenvalue weighted by atomic mass is 10.2. The number of aryl methyl sites for hydroxylation is 1. The molecule has 3 N–H and O–H groups in total. The molecule has 0 radical (unpaired) electrons. The number of sulfonamides is 1. The van der Waals surface area contributed by atoms with Gasteiger partial charge in [0.1, 0.15) is 17.5 Å². The van der Waals surface area contributed by atoms with Gasteiger partial charge in [-0.25, -0.2) is 23.1 Å². The van der Waals surface area contributed by atoms with Crippen molar-refractivity contribution in [2.24, 2.45) is 0 Å². The van der Waals surface area contributed by atoms with Crippen LogP contribution in [0.25, 0.3) is 6.08 Å². The topological polar surface area (TPSA) is 96.0 Å². The average Bonchev–Trinajstić information content (AvgIpc) is 2.58. The summed E-state index contributed by atoms with van der Waals surface area (Å²) in [5.41, 5.74) is 0.832. The highest BCUT2D eigenvalue weighted by molar-refractivity contribution is 7.92. The summed E-state index contributed by atoms with van der Waals surface area (Å²) in [5.74, 6) is 2.04. The van der Waals surface area contributed by atoms with Crippen molar-refractivity contribution < 1.29 is 8.42 Å². The normalized spacial score (nSPS) is 11.6. The van der Waals surface area contributed by atoms with Crippen LogP contribution in [0.1, 0.15) is 18.3 Å². The predicted octanol–water partition coefficient (Wildman–Crippen LogP) is 2.22. The van der Waals surface area contributed by atoms with Crippen LogP contribution in [0, 0.1) is 6.92 Å². The SMILES string of the molecule is CCNc1cc(NCCNS(=O)(=O)/C=C/c2ccccc2)nc(C)n1. The Labute approximate surface area is 148 Å². The maximum Gasteiger partial charge on any atom is 0.233 e. The van der Waals surface area contributed by atoms with Crippen molar-refractivity contribution in [1.82, 2.24) is 14.7 Å². The summed E-state index contributed by atoms with van der Waals surface area (Å²) in [6, 6.07) is 11.1. The number of nitrogens with zero attached hydrogens (tertiary/aromatic N) is 2. The number of benzene rings is 1. The molecule has 8 heteroatoms. The van der Waals surface area contributed by atoms with E-state index in [1.54, 1.807) is 12.1 Å². The van der Waals surface area contributed by atoms with Gasteiger partial charge in [0.25, 0.3) is 0 Å². The van der Waals surface area contributed by atoms with Crippen molar-refractivity contribution >= 4 is 27.7 Å². The monoisotopic (exact) mass is 361 g/mol. The molecule has 25 heavy (non-hydrogen) atoms. The summed E-state index contributed by atoms with van der Waals surface area (Å²) in [6.45, 7) is 5.23. The van der Waals surface area contributed by atoms with Crippen LogP contribution in [0.2, 0.25) is 0 Å². The molecule has 0 saturated carbocycles. The molecule has 1 aromatic heterocycles. The van der Waals surface area contributed by atoms with Gasteiger partial charge in [-0.1, -0.05) is 30.3 Å². The first-order chi connectivity index (χ1) is 12.0. The molecule has 0 spiro atoms. The van der Waals surface area contributed by atoms with Crippen LogP contribution >= 0.6 is 0 Å². The lowest BCUT2D eigenvalue weighted by Crippen LogP contribution is -2.27. The highest BCUT2D eigenvalue weighted by Crippen LogP contribution is 2.10. The minimum absolute atomic E-state index is 0.251. The van der Waals surface area contributed by atoms with Gasteiger partial charge in [0.05, 0.1) is 0 Å². The summed E-state index contributed by atoms with van der Waals surface area (Å²) >= 11 is 0. The Balaban J connectivity index is 1.83. The van der Waals surface area contributed by atoms with E-state index >= 15 is 0 Å². The second-order valence-electron chi connectivity index (χ2n) is 5.30. The molecule has 0 aliphatic heterocycles. The molecule has 1 aromatic carbocycles. The van der Waals surface area contributed by atoms with Gasteiger partial charge in [-0.05, 0) is 25.5 Å². The van der Waals surface area contributed by atoms with E-state index in [9.17, 15) is 8.42 Å². The van der Waals surface area contributed by atoms with Crippen LogP contribution in [-0.2, 0) is 10.0 Å². The maximum atomic E-state index is 11.9. The van der Waals surface area contributed by atoms with Crippen molar-refractivity contribution in [3.63, 3.8) is 0 Å². The summed E-state index contributed by atoms with van der Waals surface area (Å²) in [5, 5.41) is 7.38. The Bertz CT molecular complexity index is 807. The Kier molecular flexibility index (Phi) is 6.91. The summed E-state index contributed by atoms with van der Waals surface area (Å²) in [4.78, 5) is 8.53. The van der Waals surface area contributed by atoms with E-state index in [0.717, 1.165) is 17.9 Å². The molecule has 0 aliphatic rings. The minimum atomic E-state index is -3.47. The standard InChI is InChI=1S/C17H23N5O2S/c1-3-18-16-13-17(22-14(2)21-16)19-10-11-20-25(23,24)12-9-15-7-5-4-6-8-15/h4-9,12-13,20H,3,10-11H2,1-2H3,(H2,18,19,21,22)/b12-9+. The zero-order valence-electron chi connectivity index (χ0n) is 14.4. The Morgan fingerprint density at radius 2 is 1.72 bits per heavy atom. The van der Waals surface area contributed by atoms with Gasteiger partial charge in [-0.3, -0.25) is 0 Å². The zero-order valence-corrected chi connectivity index (χ0v) is 15.2. The van der Waals surface area contributed by atoms with Crippen LogP contribution < -0.4 is 15.4 Å². The van der Waals surface area contributed by atoms with E-state index in [0.29, 0.717) is 18.2 Å². The quantitative estimate of drug-likeness (QED) is 0.593. The lowest BCUT2D eigenvalue weighted by Gasteiger charge is -2.09. The maximum absolute atomic E-state index is 11.9. The molecule has 2 aromatic rings. The number of hydrogen-bond acceptors (Lipinski definition) is 6. The van der Waals surface area contributed by atoms with E-state index < -0.39 is 10.0 Å². The smallest absolute Gasteiger partial charge is 0.233 e. The molecule has 0 amide bonds. The highest BCUT2D eigenvalue weighted by Gasteiger charge is 2.05. The molecule has 134 valence electrons. The van der Waals surface area contributed by atoms with Gasteiger partial charge in [0, 0.05) is 31.1 Å². The van der Waals surface area contributed by atoms with E-state index in [2.05, 4.69) is 25.3 Å².